The predicted molar refractivity (Wildman–Crippen MR) is 78.1 cm³/mol. The largest absolute Gasteiger partial charge is 0.493 e. The number of benzene rings is 1. The van der Waals surface area contributed by atoms with Gasteiger partial charge in [0.2, 0.25) is 5.78 Å². The fourth-order valence-electron chi connectivity index (χ4n) is 2.12. The first kappa shape index (κ1) is 14.1. The van der Waals surface area contributed by atoms with Gasteiger partial charge in [0.15, 0.2) is 11.4 Å². The highest BCUT2D eigenvalue weighted by Gasteiger charge is 2.22. The molecule has 0 atom stereocenters. The zero-order valence-corrected chi connectivity index (χ0v) is 12.0. The summed E-state index contributed by atoms with van der Waals surface area (Å²) in [5.41, 5.74) is 8.31. The maximum atomic E-state index is 12.7. The topological polar surface area (TPSA) is 70.1 Å². The maximum Gasteiger partial charge on any atom is 0.216 e. The molecule has 2 rings (SSSR count). The Balaban J connectivity index is 2.52. The number of hydrogen-bond acceptors (Lipinski definition) is 4. The number of nitrogens with two attached hydrogens (primary N) is 1. The molecule has 0 spiro atoms. The number of ketones is 1. The second-order valence-electron chi connectivity index (χ2n) is 4.70. The van der Waals surface area contributed by atoms with E-state index >= 15 is 0 Å². The van der Waals surface area contributed by atoms with Crippen molar-refractivity contribution in [3.63, 3.8) is 0 Å². The zero-order chi connectivity index (χ0) is 14.7. The summed E-state index contributed by atoms with van der Waals surface area (Å²) in [4.78, 5) is 12.7. The molecular weight excluding hydrogens is 254 g/mol. The van der Waals surface area contributed by atoms with E-state index in [-0.39, 0.29) is 5.78 Å². The number of ether oxygens (including phenoxy) is 1. The van der Waals surface area contributed by atoms with Gasteiger partial charge < -0.3 is 10.5 Å². The lowest BCUT2D eigenvalue weighted by molar-refractivity contribution is 0.102. The third-order valence-electron chi connectivity index (χ3n) is 3.13. The molecule has 0 aliphatic rings. The molecule has 1 aromatic carbocycles. The number of nitrogen functional groups attached to an aromatic ring is 1. The first-order chi connectivity index (χ1) is 9.58. The van der Waals surface area contributed by atoms with Crippen LogP contribution in [0.25, 0.3) is 0 Å². The number of methoxy groups -OCH3 is 1. The van der Waals surface area contributed by atoms with Gasteiger partial charge >= 0.3 is 0 Å². The molecule has 0 saturated carbocycles. The van der Waals surface area contributed by atoms with Crippen molar-refractivity contribution >= 4 is 11.5 Å². The Morgan fingerprint density at radius 1 is 1.45 bits per heavy atom. The minimum atomic E-state index is -0.158. The van der Waals surface area contributed by atoms with Gasteiger partial charge in [0.25, 0.3) is 0 Å². The van der Waals surface area contributed by atoms with Gasteiger partial charge in [0.05, 0.1) is 13.3 Å². The molecule has 0 saturated heterocycles. The number of nitrogens with zero attached hydrogens (tertiary/aromatic N) is 2. The number of hydrogen-bond donors (Lipinski definition) is 1. The standard InChI is InChI=1S/C15H19N3O2/c1-4-7-18-14(13(20-3)9-17-18)15(19)11-8-10(2)5-6-12(11)16/h5-6,8-9H,4,7,16H2,1-3H3. The molecule has 0 amide bonds. The highest BCUT2D eigenvalue weighted by atomic mass is 16.5. The molecular formula is C15H19N3O2. The fourth-order valence-corrected chi connectivity index (χ4v) is 2.12. The van der Waals surface area contributed by atoms with Gasteiger partial charge in [-0.1, -0.05) is 18.6 Å². The van der Waals surface area contributed by atoms with Crippen molar-refractivity contribution in [1.82, 2.24) is 9.78 Å². The summed E-state index contributed by atoms with van der Waals surface area (Å²) in [5.74, 6) is 0.318. The lowest BCUT2D eigenvalue weighted by atomic mass is 10.0. The summed E-state index contributed by atoms with van der Waals surface area (Å²) in [7, 11) is 1.53. The van der Waals surface area contributed by atoms with E-state index in [4.69, 9.17) is 10.5 Å². The summed E-state index contributed by atoms with van der Waals surface area (Å²) in [6, 6.07) is 5.42. The van der Waals surface area contributed by atoms with Gasteiger partial charge in [-0.05, 0) is 25.5 Å². The molecule has 5 heteroatoms. The van der Waals surface area contributed by atoms with E-state index < -0.39 is 0 Å². The zero-order valence-electron chi connectivity index (χ0n) is 12.0. The number of carbonyl (C=O) groups is 1. The number of aromatic nitrogens is 2. The third-order valence-corrected chi connectivity index (χ3v) is 3.13. The molecule has 20 heavy (non-hydrogen) atoms. The Kier molecular flexibility index (Phi) is 4.08. The lowest BCUT2D eigenvalue weighted by Gasteiger charge is -2.10. The van der Waals surface area contributed by atoms with Crippen LogP contribution in [0, 0.1) is 6.92 Å². The van der Waals surface area contributed by atoms with Crippen molar-refractivity contribution in [1.29, 1.82) is 0 Å². The summed E-state index contributed by atoms with van der Waals surface area (Å²) < 4.78 is 6.91. The second kappa shape index (κ2) is 5.77. The third kappa shape index (κ3) is 2.52. The molecule has 0 bridgehead atoms. The minimum Gasteiger partial charge on any atom is -0.493 e. The Morgan fingerprint density at radius 3 is 2.85 bits per heavy atom. The Morgan fingerprint density at radius 2 is 2.20 bits per heavy atom. The first-order valence-electron chi connectivity index (χ1n) is 6.59. The van der Waals surface area contributed by atoms with Crippen LogP contribution in [-0.4, -0.2) is 22.7 Å². The van der Waals surface area contributed by atoms with Crippen LogP contribution in [0.15, 0.2) is 24.4 Å². The summed E-state index contributed by atoms with van der Waals surface area (Å²) in [6.45, 7) is 4.62. The van der Waals surface area contributed by atoms with E-state index in [1.807, 2.05) is 19.9 Å². The van der Waals surface area contributed by atoms with Crippen LogP contribution in [0.1, 0.15) is 35.0 Å². The molecule has 0 radical (unpaired) electrons. The van der Waals surface area contributed by atoms with Crippen molar-refractivity contribution in [2.75, 3.05) is 12.8 Å². The first-order valence-corrected chi connectivity index (χ1v) is 6.59. The van der Waals surface area contributed by atoms with E-state index in [2.05, 4.69) is 5.10 Å². The molecule has 1 aromatic heterocycles. The molecule has 1 heterocycles. The Bertz CT molecular complexity index is 632. The van der Waals surface area contributed by atoms with Crippen molar-refractivity contribution in [2.24, 2.45) is 0 Å². The van der Waals surface area contributed by atoms with Gasteiger partial charge in [-0.15, -0.1) is 0 Å². The van der Waals surface area contributed by atoms with Crippen LogP contribution in [0.5, 0.6) is 5.75 Å². The highest BCUT2D eigenvalue weighted by Crippen LogP contribution is 2.25. The summed E-state index contributed by atoms with van der Waals surface area (Å²) >= 11 is 0. The van der Waals surface area contributed by atoms with Crippen LogP contribution >= 0.6 is 0 Å². The number of aryl methyl sites for hydroxylation is 2. The molecule has 0 aliphatic heterocycles. The van der Waals surface area contributed by atoms with Gasteiger partial charge in [-0.3, -0.25) is 9.48 Å². The summed E-state index contributed by atoms with van der Waals surface area (Å²) in [5, 5.41) is 4.21. The summed E-state index contributed by atoms with van der Waals surface area (Å²) in [6.07, 6.45) is 2.45. The van der Waals surface area contributed by atoms with Gasteiger partial charge in [0, 0.05) is 17.8 Å². The van der Waals surface area contributed by atoms with Gasteiger partial charge in [0.1, 0.15) is 0 Å². The average molecular weight is 273 g/mol. The van der Waals surface area contributed by atoms with Gasteiger partial charge in [-0.2, -0.15) is 5.10 Å². The van der Waals surface area contributed by atoms with Crippen LogP contribution in [-0.2, 0) is 6.54 Å². The highest BCUT2D eigenvalue weighted by molar-refractivity contribution is 6.12. The molecule has 106 valence electrons. The van der Waals surface area contributed by atoms with E-state index in [0.717, 1.165) is 12.0 Å². The number of carbonyl (C=O) groups excluding carboxylic acids is 1. The predicted octanol–water partition coefficient (Wildman–Crippen LogP) is 2.42. The average Bonchev–Trinajstić information content (AvgIpc) is 2.84. The fraction of sp³-hybridized carbons (Fsp3) is 0.333. The normalized spacial score (nSPS) is 10.6. The van der Waals surface area contributed by atoms with Crippen LogP contribution in [0.3, 0.4) is 0 Å². The molecule has 0 unspecified atom stereocenters. The minimum absolute atomic E-state index is 0.158. The van der Waals surface area contributed by atoms with E-state index in [0.29, 0.717) is 29.2 Å². The molecule has 0 fully saturated rings. The number of anilines is 1. The molecule has 0 aliphatic carbocycles. The Labute approximate surface area is 118 Å². The van der Waals surface area contributed by atoms with Crippen molar-refractivity contribution in [3.05, 3.63) is 41.2 Å². The number of rotatable bonds is 5. The SMILES string of the molecule is CCCn1ncc(OC)c1C(=O)c1cc(C)ccc1N. The quantitative estimate of drug-likeness (QED) is 0.671. The maximum absolute atomic E-state index is 12.7. The molecule has 2 aromatic rings. The lowest BCUT2D eigenvalue weighted by Crippen LogP contribution is -2.14. The van der Waals surface area contributed by atoms with E-state index in [1.165, 1.54) is 7.11 Å². The van der Waals surface area contributed by atoms with Gasteiger partial charge in [-0.25, -0.2) is 0 Å². The van der Waals surface area contributed by atoms with E-state index in [1.54, 1.807) is 23.0 Å². The van der Waals surface area contributed by atoms with Crippen molar-refractivity contribution in [3.8, 4) is 5.75 Å². The monoisotopic (exact) mass is 273 g/mol. The smallest absolute Gasteiger partial charge is 0.216 e. The van der Waals surface area contributed by atoms with Crippen LogP contribution < -0.4 is 10.5 Å². The Hall–Kier alpha value is -2.30. The van der Waals surface area contributed by atoms with E-state index in [9.17, 15) is 4.79 Å². The van der Waals surface area contributed by atoms with Crippen LogP contribution in [0.4, 0.5) is 5.69 Å². The van der Waals surface area contributed by atoms with Crippen LogP contribution in [0.2, 0.25) is 0 Å². The molecule has 2 N–H and O–H groups in total. The van der Waals surface area contributed by atoms with Crippen molar-refractivity contribution in [2.45, 2.75) is 26.8 Å². The second-order valence-corrected chi connectivity index (χ2v) is 4.70. The molecule has 5 nitrogen and oxygen atoms in total. The van der Waals surface area contributed by atoms with Crippen molar-refractivity contribution < 1.29 is 9.53 Å².